The van der Waals surface area contributed by atoms with Gasteiger partial charge in [-0.3, -0.25) is 4.79 Å². The van der Waals surface area contributed by atoms with E-state index in [1.165, 1.54) is 11.8 Å². The van der Waals surface area contributed by atoms with Crippen molar-refractivity contribution in [3.05, 3.63) is 58.0 Å². The Morgan fingerprint density at radius 1 is 1.20 bits per heavy atom. The molecule has 8 heteroatoms. The van der Waals surface area contributed by atoms with Crippen LogP contribution < -0.4 is 5.32 Å². The molecule has 0 aliphatic heterocycles. The van der Waals surface area contributed by atoms with Gasteiger partial charge in [0.1, 0.15) is 0 Å². The summed E-state index contributed by atoms with van der Waals surface area (Å²) in [6.45, 7) is 0. The molecule has 5 nitrogen and oxygen atoms in total. The Bertz CT molecular complexity index is 898. The fraction of sp³-hybridized carbons (Fsp3) is 0.118. The van der Waals surface area contributed by atoms with Crippen LogP contribution in [0.1, 0.15) is 0 Å². The lowest BCUT2D eigenvalue weighted by molar-refractivity contribution is -0.113. The highest BCUT2D eigenvalue weighted by molar-refractivity contribution is 9.10. The number of hydrogen-bond donors (Lipinski definition) is 1. The standard InChI is InChI=1S/C17H14BrClN4OS/c1-23-16(13-4-2-3-5-14(13)18)21-22-17(23)25-10-15(24)20-12-8-6-11(19)7-9-12/h2-9H,10H2,1H3,(H,20,24). The number of carbonyl (C=O) groups is 1. The monoisotopic (exact) mass is 436 g/mol. The fourth-order valence-corrected chi connectivity index (χ4v) is 3.48. The zero-order valence-corrected chi connectivity index (χ0v) is 16.4. The Morgan fingerprint density at radius 2 is 1.92 bits per heavy atom. The van der Waals surface area contributed by atoms with E-state index in [9.17, 15) is 4.79 Å². The van der Waals surface area contributed by atoms with Crippen LogP contribution in [0.15, 0.2) is 58.2 Å². The normalized spacial score (nSPS) is 10.7. The highest BCUT2D eigenvalue weighted by Gasteiger charge is 2.14. The van der Waals surface area contributed by atoms with Crippen molar-refractivity contribution in [2.75, 3.05) is 11.1 Å². The largest absolute Gasteiger partial charge is 0.325 e. The summed E-state index contributed by atoms with van der Waals surface area (Å²) in [5.74, 6) is 0.871. The number of benzene rings is 2. The molecule has 1 heterocycles. The maximum atomic E-state index is 12.1. The van der Waals surface area contributed by atoms with Gasteiger partial charge in [-0.05, 0) is 30.3 Å². The molecule has 0 unspecified atom stereocenters. The van der Waals surface area contributed by atoms with Gasteiger partial charge in [0, 0.05) is 27.8 Å². The molecule has 0 atom stereocenters. The molecule has 2 aromatic carbocycles. The summed E-state index contributed by atoms with van der Waals surface area (Å²) in [4.78, 5) is 12.1. The van der Waals surface area contributed by atoms with Crippen molar-refractivity contribution in [3.63, 3.8) is 0 Å². The van der Waals surface area contributed by atoms with Crippen LogP contribution in [0.4, 0.5) is 5.69 Å². The van der Waals surface area contributed by atoms with Crippen LogP contribution >= 0.6 is 39.3 Å². The number of nitrogens with zero attached hydrogens (tertiary/aromatic N) is 3. The minimum absolute atomic E-state index is 0.113. The Kier molecular flexibility index (Phi) is 5.78. The lowest BCUT2D eigenvalue weighted by Crippen LogP contribution is -2.14. The van der Waals surface area contributed by atoms with Crippen molar-refractivity contribution < 1.29 is 4.79 Å². The van der Waals surface area contributed by atoms with Crippen LogP contribution in [0.3, 0.4) is 0 Å². The minimum Gasteiger partial charge on any atom is -0.325 e. The molecule has 128 valence electrons. The van der Waals surface area contributed by atoms with Crippen molar-refractivity contribution in [2.24, 2.45) is 7.05 Å². The van der Waals surface area contributed by atoms with Gasteiger partial charge in [-0.2, -0.15) is 0 Å². The van der Waals surface area contributed by atoms with Gasteiger partial charge in [-0.25, -0.2) is 0 Å². The first-order chi connectivity index (χ1) is 12.0. The van der Waals surface area contributed by atoms with E-state index < -0.39 is 0 Å². The molecule has 0 bridgehead atoms. The van der Waals surface area contributed by atoms with Crippen molar-refractivity contribution in [1.29, 1.82) is 0 Å². The van der Waals surface area contributed by atoms with Crippen molar-refractivity contribution in [2.45, 2.75) is 5.16 Å². The topological polar surface area (TPSA) is 59.8 Å². The van der Waals surface area contributed by atoms with Crippen molar-refractivity contribution in [1.82, 2.24) is 14.8 Å². The third-order valence-corrected chi connectivity index (χ3v) is 5.37. The Hall–Kier alpha value is -1.83. The van der Waals surface area contributed by atoms with Crippen LogP contribution in [0.25, 0.3) is 11.4 Å². The van der Waals surface area contributed by atoms with Gasteiger partial charge in [-0.15, -0.1) is 10.2 Å². The molecule has 1 N–H and O–H groups in total. The van der Waals surface area contributed by atoms with Gasteiger partial charge in [0.15, 0.2) is 11.0 Å². The van der Waals surface area contributed by atoms with Gasteiger partial charge in [-0.1, -0.05) is 57.5 Å². The predicted molar refractivity (Wildman–Crippen MR) is 105 cm³/mol. The van der Waals surface area contributed by atoms with E-state index in [1.54, 1.807) is 24.3 Å². The summed E-state index contributed by atoms with van der Waals surface area (Å²) in [5.41, 5.74) is 1.66. The SMILES string of the molecule is Cn1c(SCC(=O)Nc2ccc(Cl)cc2)nnc1-c1ccccc1Br. The summed E-state index contributed by atoms with van der Waals surface area (Å²) < 4.78 is 2.82. The summed E-state index contributed by atoms with van der Waals surface area (Å²) >= 11 is 10.7. The third kappa shape index (κ3) is 4.42. The molecule has 1 amide bonds. The van der Waals surface area contributed by atoms with E-state index in [4.69, 9.17) is 11.6 Å². The first-order valence-electron chi connectivity index (χ1n) is 7.37. The van der Waals surface area contributed by atoms with Crippen molar-refractivity contribution >= 4 is 50.9 Å². The van der Waals surface area contributed by atoms with Crippen LogP contribution in [0, 0.1) is 0 Å². The number of hydrogen-bond acceptors (Lipinski definition) is 4. The second-order valence-electron chi connectivity index (χ2n) is 5.19. The zero-order chi connectivity index (χ0) is 17.8. The Balaban J connectivity index is 1.65. The Labute approximate surface area is 162 Å². The summed E-state index contributed by atoms with van der Waals surface area (Å²) in [5, 5.41) is 12.5. The van der Waals surface area contributed by atoms with E-state index >= 15 is 0 Å². The van der Waals surface area contributed by atoms with E-state index in [2.05, 4.69) is 31.4 Å². The van der Waals surface area contributed by atoms with Gasteiger partial charge in [0.2, 0.25) is 5.91 Å². The molecule has 0 aliphatic rings. The number of aromatic nitrogens is 3. The van der Waals surface area contributed by atoms with Crippen LogP contribution in [-0.4, -0.2) is 26.4 Å². The first-order valence-corrected chi connectivity index (χ1v) is 9.53. The average Bonchev–Trinajstić information content (AvgIpc) is 2.96. The molecule has 1 aromatic heterocycles. The first kappa shape index (κ1) is 18.0. The maximum Gasteiger partial charge on any atom is 0.234 e. The average molecular weight is 438 g/mol. The highest BCUT2D eigenvalue weighted by Crippen LogP contribution is 2.28. The number of thioether (sulfide) groups is 1. The quantitative estimate of drug-likeness (QED) is 0.591. The van der Waals surface area contributed by atoms with Gasteiger partial charge in [0.05, 0.1) is 5.75 Å². The number of nitrogens with one attached hydrogen (secondary N) is 1. The molecular formula is C17H14BrClN4OS. The van der Waals surface area contributed by atoms with Gasteiger partial charge >= 0.3 is 0 Å². The molecule has 3 aromatic rings. The van der Waals surface area contributed by atoms with E-state index in [0.29, 0.717) is 15.9 Å². The number of rotatable bonds is 5. The molecule has 0 saturated heterocycles. The Morgan fingerprint density at radius 3 is 2.64 bits per heavy atom. The molecule has 0 aliphatic carbocycles. The number of carbonyl (C=O) groups excluding carboxylic acids is 1. The second-order valence-corrected chi connectivity index (χ2v) is 7.42. The molecule has 0 saturated carbocycles. The number of anilines is 1. The summed E-state index contributed by atoms with van der Waals surface area (Å²) in [6.07, 6.45) is 0. The molecule has 3 rings (SSSR count). The molecule has 25 heavy (non-hydrogen) atoms. The molecular weight excluding hydrogens is 424 g/mol. The highest BCUT2D eigenvalue weighted by atomic mass is 79.9. The van der Waals surface area contributed by atoms with Gasteiger partial charge < -0.3 is 9.88 Å². The third-order valence-electron chi connectivity index (χ3n) is 3.41. The van der Waals surface area contributed by atoms with E-state index in [-0.39, 0.29) is 11.7 Å². The smallest absolute Gasteiger partial charge is 0.234 e. The number of halogens is 2. The molecule has 0 fully saturated rings. The second kappa shape index (κ2) is 8.03. The zero-order valence-electron chi connectivity index (χ0n) is 13.2. The minimum atomic E-state index is -0.113. The number of amides is 1. The lowest BCUT2D eigenvalue weighted by atomic mass is 10.2. The predicted octanol–water partition coefficient (Wildman–Crippen LogP) is 4.63. The fourth-order valence-electron chi connectivity index (χ4n) is 2.18. The summed E-state index contributed by atoms with van der Waals surface area (Å²) in [7, 11) is 1.88. The van der Waals surface area contributed by atoms with E-state index in [0.717, 1.165) is 15.9 Å². The van der Waals surface area contributed by atoms with Crippen molar-refractivity contribution in [3.8, 4) is 11.4 Å². The van der Waals surface area contributed by atoms with Crippen LogP contribution in [-0.2, 0) is 11.8 Å². The van der Waals surface area contributed by atoms with Crippen LogP contribution in [0.2, 0.25) is 5.02 Å². The van der Waals surface area contributed by atoms with E-state index in [1.807, 2.05) is 35.9 Å². The van der Waals surface area contributed by atoms with Gasteiger partial charge in [0.25, 0.3) is 0 Å². The maximum absolute atomic E-state index is 12.1. The summed E-state index contributed by atoms with van der Waals surface area (Å²) in [6, 6.07) is 14.8. The molecule has 0 radical (unpaired) electrons. The lowest BCUT2D eigenvalue weighted by Gasteiger charge is -2.06. The van der Waals surface area contributed by atoms with Crippen LogP contribution in [0.5, 0.6) is 0 Å². The molecule has 0 spiro atoms.